The molecule has 0 radical (unpaired) electrons. The molecule has 39 heavy (non-hydrogen) atoms. The highest BCUT2D eigenvalue weighted by atomic mass is 79.9. The van der Waals surface area contributed by atoms with Gasteiger partial charge in [0, 0.05) is 37.4 Å². The fourth-order valence-electron chi connectivity index (χ4n) is 6.03. The van der Waals surface area contributed by atoms with Crippen molar-refractivity contribution in [3.05, 3.63) is 144 Å². The predicted molar refractivity (Wildman–Crippen MR) is 168 cm³/mol. The zero-order valence-corrected chi connectivity index (χ0v) is 22.6. The van der Waals surface area contributed by atoms with Gasteiger partial charge in [-0.2, -0.15) is 0 Å². The van der Waals surface area contributed by atoms with Crippen LogP contribution in [0.1, 0.15) is 0 Å². The lowest BCUT2D eigenvalue weighted by Gasteiger charge is -2.09. The van der Waals surface area contributed by atoms with Gasteiger partial charge < -0.3 is 9.13 Å². The average Bonchev–Trinajstić information content (AvgIpc) is 3.50. The van der Waals surface area contributed by atoms with Crippen LogP contribution in [-0.2, 0) is 0 Å². The minimum absolute atomic E-state index is 1.08. The summed E-state index contributed by atoms with van der Waals surface area (Å²) >= 11 is 3.58. The van der Waals surface area contributed by atoms with Crippen LogP contribution in [0.4, 0.5) is 0 Å². The maximum absolute atomic E-state index is 3.58. The van der Waals surface area contributed by atoms with Crippen molar-refractivity contribution >= 4 is 59.5 Å². The van der Waals surface area contributed by atoms with Crippen molar-refractivity contribution in [2.45, 2.75) is 0 Å². The first-order valence-corrected chi connectivity index (χ1v) is 13.9. The third-order valence-corrected chi connectivity index (χ3v) is 8.31. The highest BCUT2D eigenvalue weighted by molar-refractivity contribution is 9.10. The molecular weight excluding hydrogens is 540 g/mol. The molecule has 8 aromatic rings. The second kappa shape index (κ2) is 8.72. The SMILES string of the molecule is Brc1ccc(-n2c3ccccc3c3cc(-c4ccc5c(c4)c4ccccc4n5-c4ccccc4)ccc32)cc1. The fourth-order valence-corrected chi connectivity index (χ4v) is 6.29. The minimum atomic E-state index is 1.08. The van der Waals surface area contributed by atoms with E-state index in [0.29, 0.717) is 0 Å². The van der Waals surface area contributed by atoms with Gasteiger partial charge in [-0.3, -0.25) is 0 Å². The number of rotatable bonds is 3. The number of hydrogen-bond acceptors (Lipinski definition) is 0. The smallest absolute Gasteiger partial charge is 0.0541 e. The highest BCUT2D eigenvalue weighted by Gasteiger charge is 2.15. The molecule has 0 N–H and O–H groups in total. The molecule has 6 aromatic carbocycles. The molecule has 0 bridgehead atoms. The summed E-state index contributed by atoms with van der Waals surface area (Å²) in [6.07, 6.45) is 0. The first-order valence-electron chi connectivity index (χ1n) is 13.1. The van der Waals surface area contributed by atoms with Crippen molar-refractivity contribution in [3.63, 3.8) is 0 Å². The summed E-state index contributed by atoms with van der Waals surface area (Å²) in [6, 6.07) is 50.3. The Kier molecular flexibility index (Phi) is 5.01. The van der Waals surface area contributed by atoms with Crippen molar-refractivity contribution in [3.8, 4) is 22.5 Å². The lowest BCUT2D eigenvalue weighted by atomic mass is 10.0. The van der Waals surface area contributed by atoms with Gasteiger partial charge in [-0.15, -0.1) is 0 Å². The Morgan fingerprint density at radius 1 is 0.359 bits per heavy atom. The van der Waals surface area contributed by atoms with Crippen molar-refractivity contribution in [2.75, 3.05) is 0 Å². The highest BCUT2D eigenvalue weighted by Crippen LogP contribution is 2.38. The van der Waals surface area contributed by atoms with Crippen molar-refractivity contribution in [2.24, 2.45) is 0 Å². The van der Waals surface area contributed by atoms with E-state index >= 15 is 0 Å². The van der Waals surface area contributed by atoms with Gasteiger partial charge in [0.05, 0.1) is 22.1 Å². The largest absolute Gasteiger partial charge is 0.309 e. The van der Waals surface area contributed by atoms with Crippen LogP contribution in [0, 0.1) is 0 Å². The van der Waals surface area contributed by atoms with E-state index in [9.17, 15) is 0 Å². The number of para-hydroxylation sites is 3. The van der Waals surface area contributed by atoms with E-state index in [-0.39, 0.29) is 0 Å². The standard InChI is InChI=1S/C36H23BrN2/c37-26-16-18-28(19-17-26)39-34-13-7-5-11-30(34)32-23-25(15-21-36(32)39)24-14-20-35-31(22-24)29-10-4-6-12-33(29)38(35)27-8-2-1-3-9-27/h1-23H. The number of aromatic nitrogens is 2. The van der Waals surface area contributed by atoms with Crippen LogP contribution in [0.2, 0.25) is 0 Å². The van der Waals surface area contributed by atoms with Gasteiger partial charge in [-0.25, -0.2) is 0 Å². The maximum atomic E-state index is 3.58. The van der Waals surface area contributed by atoms with Crippen LogP contribution in [-0.4, -0.2) is 9.13 Å². The Labute approximate surface area is 234 Å². The Bertz CT molecular complexity index is 2170. The van der Waals surface area contributed by atoms with Gasteiger partial charge in [-0.1, -0.05) is 82.7 Å². The fraction of sp³-hybridized carbons (Fsp3) is 0. The molecule has 0 amide bonds. The molecule has 2 aromatic heterocycles. The Hall–Kier alpha value is -4.60. The van der Waals surface area contributed by atoms with Crippen LogP contribution in [0.3, 0.4) is 0 Å². The number of hydrogen-bond donors (Lipinski definition) is 0. The zero-order chi connectivity index (χ0) is 25.9. The predicted octanol–water partition coefficient (Wildman–Crippen LogP) is 10.3. The molecule has 0 spiro atoms. The third kappa shape index (κ3) is 3.47. The first-order chi connectivity index (χ1) is 19.3. The molecule has 2 heterocycles. The Balaban J connectivity index is 1.35. The summed E-state index contributed by atoms with van der Waals surface area (Å²) in [5, 5.41) is 5.06. The van der Waals surface area contributed by atoms with E-state index in [0.717, 1.165) is 10.2 Å². The van der Waals surface area contributed by atoms with Crippen LogP contribution < -0.4 is 0 Å². The summed E-state index contributed by atoms with van der Waals surface area (Å²) in [7, 11) is 0. The van der Waals surface area contributed by atoms with Crippen LogP contribution >= 0.6 is 15.9 Å². The van der Waals surface area contributed by atoms with E-state index < -0.39 is 0 Å². The summed E-state index contributed by atoms with van der Waals surface area (Å²) in [5.41, 5.74) is 9.66. The topological polar surface area (TPSA) is 9.86 Å². The molecule has 0 saturated carbocycles. The normalized spacial score (nSPS) is 11.7. The van der Waals surface area contributed by atoms with Crippen molar-refractivity contribution in [1.29, 1.82) is 0 Å². The molecule has 0 atom stereocenters. The number of nitrogens with zero attached hydrogens (tertiary/aromatic N) is 2. The molecule has 3 heteroatoms. The van der Waals surface area contributed by atoms with Crippen molar-refractivity contribution in [1.82, 2.24) is 9.13 Å². The second-order valence-corrected chi connectivity index (χ2v) is 10.9. The monoisotopic (exact) mass is 562 g/mol. The van der Waals surface area contributed by atoms with Crippen LogP contribution in [0.5, 0.6) is 0 Å². The number of halogens is 1. The Morgan fingerprint density at radius 3 is 1.33 bits per heavy atom. The van der Waals surface area contributed by atoms with E-state index in [1.54, 1.807) is 0 Å². The molecule has 0 unspecified atom stereocenters. The van der Waals surface area contributed by atoms with Gasteiger partial charge in [0.1, 0.15) is 0 Å². The Morgan fingerprint density at radius 2 is 0.795 bits per heavy atom. The zero-order valence-electron chi connectivity index (χ0n) is 21.1. The van der Waals surface area contributed by atoms with Crippen molar-refractivity contribution < 1.29 is 0 Å². The molecule has 0 aliphatic heterocycles. The quantitative estimate of drug-likeness (QED) is 0.202. The van der Waals surface area contributed by atoms with E-state index in [2.05, 4.69) is 165 Å². The van der Waals surface area contributed by atoms with Gasteiger partial charge in [0.2, 0.25) is 0 Å². The first kappa shape index (κ1) is 22.4. The van der Waals surface area contributed by atoms with Gasteiger partial charge >= 0.3 is 0 Å². The summed E-state index contributed by atoms with van der Waals surface area (Å²) < 4.78 is 5.81. The number of fused-ring (bicyclic) bond motifs is 6. The maximum Gasteiger partial charge on any atom is 0.0541 e. The summed E-state index contributed by atoms with van der Waals surface area (Å²) in [5.74, 6) is 0. The van der Waals surface area contributed by atoms with E-state index in [1.165, 1.54) is 60.4 Å². The minimum Gasteiger partial charge on any atom is -0.309 e. The molecular formula is C36H23BrN2. The summed E-state index contributed by atoms with van der Waals surface area (Å²) in [4.78, 5) is 0. The lowest BCUT2D eigenvalue weighted by Crippen LogP contribution is -1.93. The van der Waals surface area contributed by atoms with E-state index in [4.69, 9.17) is 0 Å². The number of benzene rings is 6. The molecule has 0 saturated heterocycles. The third-order valence-electron chi connectivity index (χ3n) is 7.78. The molecule has 0 aliphatic carbocycles. The average molecular weight is 563 g/mol. The lowest BCUT2D eigenvalue weighted by molar-refractivity contribution is 1.18. The van der Waals surface area contributed by atoms with Gasteiger partial charge in [-0.05, 0) is 83.9 Å². The van der Waals surface area contributed by atoms with Gasteiger partial charge in [0.25, 0.3) is 0 Å². The van der Waals surface area contributed by atoms with Crippen LogP contribution in [0.15, 0.2) is 144 Å². The second-order valence-electron chi connectivity index (χ2n) is 9.98. The summed E-state index contributed by atoms with van der Waals surface area (Å²) in [6.45, 7) is 0. The molecule has 0 aliphatic rings. The van der Waals surface area contributed by atoms with Crippen LogP contribution in [0.25, 0.3) is 66.1 Å². The molecule has 0 fully saturated rings. The van der Waals surface area contributed by atoms with Gasteiger partial charge in [0.15, 0.2) is 0 Å². The van der Waals surface area contributed by atoms with E-state index in [1.807, 2.05) is 0 Å². The molecule has 2 nitrogen and oxygen atoms in total. The molecule has 8 rings (SSSR count). The molecule has 184 valence electrons.